The van der Waals surface area contributed by atoms with Crippen molar-refractivity contribution < 1.29 is 9.53 Å². The fourth-order valence-electron chi connectivity index (χ4n) is 4.33. The van der Waals surface area contributed by atoms with Crippen molar-refractivity contribution in [1.82, 2.24) is 0 Å². The summed E-state index contributed by atoms with van der Waals surface area (Å²) in [6.45, 7) is 17.5. The van der Waals surface area contributed by atoms with Crippen molar-refractivity contribution in [2.45, 2.75) is 73.6 Å². The number of esters is 1. The van der Waals surface area contributed by atoms with Crippen molar-refractivity contribution in [3.8, 4) is 11.8 Å². The van der Waals surface area contributed by atoms with Crippen LogP contribution in [-0.2, 0) is 9.53 Å². The summed E-state index contributed by atoms with van der Waals surface area (Å²) in [4.78, 5) is 11.6. The smallest absolute Gasteiger partial charge is 0.384 e. The monoisotopic (exact) mass is 370 g/mol. The van der Waals surface area contributed by atoms with Crippen molar-refractivity contribution in [3.05, 3.63) is 36.0 Å². The lowest BCUT2D eigenvalue weighted by atomic mass is 9.65. The number of carbonyl (C=O) groups excluding carboxylic acids is 1. The number of hydrogen-bond acceptors (Lipinski definition) is 2. The molecule has 150 valence electrons. The van der Waals surface area contributed by atoms with E-state index in [-0.39, 0.29) is 10.8 Å². The lowest BCUT2D eigenvalue weighted by Gasteiger charge is -2.39. The third-order valence-corrected chi connectivity index (χ3v) is 6.19. The Morgan fingerprint density at radius 2 is 2.11 bits per heavy atom. The molecule has 0 N–H and O–H groups in total. The predicted octanol–water partition coefficient (Wildman–Crippen LogP) is 6.49. The molecule has 0 aromatic heterocycles. The van der Waals surface area contributed by atoms with Gasteiger partial charge in [-0.05, 0) is 75.7 Å². The highest BCUT2D eigenvalue weighted by atomic mass is 16.5. The van der Waals surface area contributed by atoms with Gasteiger partial charge in [0, 0.05) is 11.3 Å². The lowest BCUT2D eigenvalue weighted by molar-refractivity contribution is -0.133. The standard InChI is InChI=1S/C25H38O2/c1-9-21-12-13-22(20(4)5)25(21,7)18-17-24(6,15-10-11-19(2)3)16-14-23(26)27-8/h9,11-12,20,22H,1,10,13,15,17-18H2,2-8H3/t22-,24?,25+/m1/s1. The average Bonchev–Trinajstić information content (AvgIpc) is 2.94. The summed E-state index contributed by atoms with van der Waals surface area (Å²) in [7, 11) is 1.38. The minimum atomic E-state index is -0.456. The molecular formula is C25H38O2. The molecule has 0 heterocycles. The van der Waals surface area contributed by atoms with Crippen LogP contribution in [0, 0.1) is 34.5 Å². The molecule has 1 aliphatic carbocycles. The Morgan fingerprint density at radius 1 is 1.44 bits per heavy atom. The van der Waals surface area contributed by atoms with E-state index in [1.165, 1.54) is 18.3 Å². The number of carbonyl (C=O) groups is 1. The Bertz CT molecular complexity index is 652. The first-order valence-corrected chi connectivity index (χ1v) is 10.2. The Kier molecular flexibility index (Phi) is 8.60. The van der Waals surface area contributed by atoms with E-state index in [0.717, 1.165) is 32.1 Å². The average molecular weight is 371 g/mol. The maximum atomic E-state index is 11.6. The molecule has 1 rings (SSSR count). The maximum Gasteiger partial charge on any atom is 0.384 e. The van der Waals surface area contributed by atoms with Crippen LogP contribution in [-0.4, -0.2) is 13.1 Å². The minimum Gasteiger partial charge on any atom is -0.459 e. The summed E-state index contributed by atoms with van der Waals surface area (Å²) in [5.74, 6) is 6.73. The highest BCUT2D eigenvalue weighted by Gasteiger charge is 2.42. The second-order valence-electron chi connectivity index (χ2n) is 8.99. The highest BCUT2D eigenvalue weighted by molar-refractivity contribution is 5.88. The van der Waals surface area contributed by atoms with E-state index in [1.807, 2.05) is 6.08 Å². The number of ether oxygens (including phenoxy) is 1. The third-order valence-electron chi connectivity index (χ3n) is 6.19. The molecule has 0 bridgehead atoms. The molecule has 3 atom stereocenters. The van der Waals surface area contributed by atoms with Crippen LogP contribution >= 0.6 is 0 Å². The van der Waals surface area contributed by atoms with Gasteiger partial charge in [0.2, 0.25) is 0 Å². The van der Waals surface area contributed by atoms with Gasteiger partial charge < -0.3 is 4.74 Å². The molecule has 0 amide bonds. The molecule has 1 aliphatic rings. The van der Waals surface area contributed by atoms with Crippen LogP contribution in [0.2, 0.25) is 0 Å². The minimum absolute atomic E-state index is 0.126. The van der Waals surface area contributed by atoms with Crippen LogP contribution in [0.25, 0.3) is 0 Å². The molecule has 0 saturated carbocycles. The van der Waals surface area contributed by atoms with E-state index in [0.29, 0.717) is 11.8 Å². The van der Waals surface area contributed by atoms with Crippen molar-refractivity contribution in [3.63, 3.8) is 0 Å². The zero-order valence-corrected chi connectivity index (χ0v) is 18.4. The summed E-state index contributed by atoms with van der Waals surface area (Å²) >= 11 is 0. The molecule has 0 aromatic carbocycles. The number of allylic oxidation sites excluding steroid dienone is 5. The third kappa shape index (κ3) is 6.42. The van der Waals surface area contributed by atoms with Gasteiger partial charge in [0.1, 0.15) is 0 Å². The van der Waals surface area contributed by atoms with Gasteiger partial charge in [0.15, 0.2) is 0 Å². The normalized spacial score (nSPS) is 23.7. The zero-order valence-electron chi connectivity index (χ0n) is 18.4. The first-order valence-electron chi connectivity index (χ1n) is 10.2. The molecule has 27 heavy (non-hydrogen) atoms. The molecular weight excluding hydrogens is 332 g/mol. The summed E-state index contributed by atoms with van der Waals surface area (Å²) in [6.07, 6.45) is 11.7. The number of methoxy groups -OCH3 is 1. The Hall–Kier alpha value is -1.75. The summed E-state index contributed by atoms with van der Waals surface area (Å²) < 4.78 is 4.72. The first kappa shape index (κ1) is 23.3. The summed E-state index contributed by atoms with van der Waals surface area (Å²) in [5.41, 5.74) is 2.60. The molecule has 2 nitrogen and oxygen atoms in total. The predicted molar refractivity (Wildman–Crippen MR) is 115 cm³/mol. The molecule has 0 saturated heterocycles. The van der Waals surface area contributed by atoms with Crippen molar-refractivity contribution in [1.29, 1.82) is 0 Å². The number of rotatable bonds is 8. The lowest BCUT2D eigenvalue weighted by Crippen LogP contribution is -2.30. The van der Waals surface area contributed by atoms with E-state index in [1.54, 1.807) is 0 Å². The van der Waals surface area contributed by atoms with Gasteiger partial charge in [-0.1, -0.05) is 57.1 Å². The van der Waals surface area contributed by atoms with Crippen LogP contribution in [0.3, 0.4) is 0 Å². The Labute approximate surface area is 167 Å². The SMILES string of the molecule is C=CC1=CC[C@H](C(C)C)[C@@]1(C)CCC(C)(C#CC(=O)OC)CCC=C(C)C. The zero-order chi connectivity index (χ0) is 20.7. The van der Waals surface area contributed by atoms with Crippen molar-refractivity contribution >= 4 is 5.97 Å². The van der Waals surface area contributed by atoms with Gasteiger partial charge in [-0.25, -0.2) is 4.79 Å². The van der Waals surface area contributed by atoms with E-state index >= 15 is 0 Å². The fraction of sp³-hybridized carbons (Fsp3) is 0.640. The van der Waals surface area contributed by atoms with Gasteiger partial charge in [0.25, 0.3) is 0 Å². The van der Waals surface area contributed by atoms with Crippen molar-refractivity contribution in [2.24, 2.45) is 22.7 Å². The van der Waals surface area contributed by atoms with Crippen LogP contribution in [0.15, 0.2) is 36.0 Å². The van der Waals surface area contributed by atoms with Gasteiger partial charge in [-0.3, -0.25) is 0 Å². The quantitative estimate of drug-likeness (QED) is 0.211. The Morgan fingerprint density at radius 3 is 2.63 bits per heavy atom. The van der Waals surface area contributed by atoms with Crippen LogP contribution < -0.4 is 0 Å². The van der Waals surface area contributed by atoms with Crippen LogP contribution in [0.1, 0.15) is 73.6 Å². The van der Waals surface area contributed by atoms with E-state index in [4.69, 9.17) is 4.74 Å². The molecule has 0 radical (unpaired) electrons. The molecule has 1 unspecified atom stereocenters. The van der Waals surface area contributed by atoms with Crippen molar-refractivity contribution in [2.75, 3.05) is 7.11 Å². The van der Waals surface area contributed by atoms with Crippen LogP contribution in [0.5, 0.6) is 0 Å². The van der Waals surface area contributed by atoms with Crippen LogP contribution in [0.4, 0.5) is 0 Å². The second kappa shape index (κ2) is 9.98. The summed E-state index contributed by atoms with van der Waals surface area (Å²) in [5, 5.41) is 0. The maximum absolute atomic E-state index is 11.6. The van der Waals surface area contributed by atoms with E-state index in [9.17, 15) is 4.79 Å². The Balaban J connectivity index is 3.03. The first-order chi connectivity index (χ1) is 12.6. The van der Waals surface area contributed by atoms with E-state index in [2.05, 4.69) is 72.1 Å². The highest BCUT2D eigenvalue weighted by Crippen LogP contribution is 2.52. The molecule has 0 aliphatic heterocycles. The molecule has 2 heteroatoms. The van der Waals surface area contributed by atoms with Gasteiger partial charge in [0.05, 0.1) is 7.11 Å². The van der Waals surface area contributed by atoms with Gasteiger partial charge in [-0.15, -0.1) is 0 Å². The summed E-state index contributed by atoms with van der Waals surface area (Å²) in [6, 6.07) is 0. The topological polar surface area (TPSA) is 26.3 Å². The van der Waals surface area contributed by atoms with Gasteiger partial charge in [-0.2, -0.15) is 0 Å². The molecule has 0 fully saturated rings. The number of hydrogen-bond donors (Lipinski definition) is 0. The largest absolute Gasteiger partial charge is 0.459 e. The second-order valence-corrected chi connectivity index (χ2v) is 8.99. The molecule has 0 aromatic rings. The fourth-order valence-corrected chi connectivity index (χ4v) is 4.33. The molecule has 0 spiro atoms. The van der Waals surface area contributed by atoms with Gasteiger partial charge >= 0.3 is 5.97 Å². The van der Waals surface area contributed by atoms with E-state index < -0.39 is 5.97 Å².